The largest absolute Gasteiger partial charge is 0.490 e. The van der Waals surface area contributed by atoms with Gasteiger partial charge in [0, 0.05) is 12.0 Å². The Morgan fingerprint density at radius 1 is 1.53 bits per heavy atom. The van der Waals surface area contributed by atoms with Crippen LogP contribution in [0.25, 0.3) is 0 Å². The van der Waals surface area contributed by atoms with Gasteiger partial charge in [-0.25, -0.2) is 4.79 Å². The van der Waals surface area contributed by atoms with Gasteiger partial charge in [-0.2, -0.15) is 0 Å². The molecule has 0 aliphatic carbocycles. The molecule has 0 amide bonds. The predicted molar refractivity (Wildman–Crippen MR) is 53.1 cm³/mol. The van der Waals surface area contributed by atoms with Crippen molar-refractivity contribution in [1.29, 1.82) is 0 Å². The number of carbonyl (C=O) groups is 1. The molecule has 2 rings (SSSR count). The first-order valence-electron chi connectivity index (χ1n) is 4.80. The molecular weight excluding hydrogens is 196 g/mol. The fraction of sp³-hybridized carbons (Fsp3) is 0.364. The molecule has 1 aliphatic heterocycles. The molecule has 2 atom stereocenters. The summed E-state index contributed by atoms with van der Waals surface area (Å²) >= 11 is 0. The summed E-state index contributed by atoms with van der Waals surface area (Å²) < 4.78 is 5.47. The Kier molecular flexibility index (Phi) is 2.36. The lowest BCUT2D eigenvalue weighted by atomic mass is 9.98. The number of carboxylic acids is 1. The van der Waals surface area contributed by atoms with Crippen molar-refractivity contribution in [3.05, 3.63) is 29.3 Å². The molecule has 15 heavy (non-hydrogen) atoms. The Balaban J connectivity index is 2.43. The SMILES string of the molecule is CC1CC(O)c2ccc(C(=O)O)cc2O1. The van der Waals surface area contributed by atoms with E-state index in [4.69, 9.17) is 9.84 Å². The third-order valence-corrected chi connectivity index (χ3v) is 2.50. The van der Waals surface area contributed by atoms with Crippen molar-refractivity contribution in [3.8, 4) is 5.75 Å². The van der Waals surface area contributed by atoms with Crippen LogP contribution in [0, 0.1) is 0 Å². The van der Waals surface area contributed by atoms with Gasteiger partial charge in [-0.3, -0.25) is 0 Å². The van der Waals surface area contributed by atoms with E-state index in [9.17, 15) is 9.90 Å². The molecule has 2 unspecified atom stereocenters. The molecule has 2 N–H and O–H groups in total. The lowest BCUT2D eigenvalue weighted by Gasteiger charge is -2.27. The molecule has 0 saturated heterocycles. The maximum Gasteiger partial charge on any atom is 0.335 e. The van der Waals surface area contributed by atoms with E-state index in [1.165, 1.54) is 12.1 Å². The molecular formula is C11H12O4. The van der Waals surface area contributed by atoms with Crippen molar-refractivity contribution >= 4 is 5.97 Å². The lowest BCUT2D eigenvalue weighted by molar-refractivity contribution is 0.0678. The fourth-order valence-electron chi connectivity index (χ4n) is 1.75. The lowest BCUT2D eigenvalue weighted by Crippen LogP contribution is -2.22. The van der Waals surface area contributed by atoms with E-state index in [1.54, 1.807) is 6.07 Å². The van der Waals surface area contributed by atoms with Gasteiger partial charge in [-0.1, -0.05) is 6.07 Å². The summed E-state index contributed by atoms with van der Waals surface area (Å²) in [4.78, 5) is 10.7. The maximum absolute atomic E-state index is 10.7. The second kappa shape index (κ2) is 3.55. The molecule has 80 valence electrons. The Bertz CT molecular complexity index is 400. The van der Waals surface area contributed by atoms with Crippen molar-refractivity contribution in [3.63, 3.8) is 0 Å². The predicted octanol–water partition coefficient (Wildman–Crippen LogP) is 1.59. The quantitative estimate of drug-likeness (QED) is 0.735. The van der Waals surface area contributed by atoms with Gasteiger partial charge in [0.15, 0.2) is 0 Å². The van der Waals surface area contributed by atoms with Crippen LogP contribution in [-0.2, 0) is 0 Å². The van der Waals surface area contributed by atoms with E-state index in [1.807, 2.05) is 6.92 Å². The van der Waals surface area contributed by atoms with Crippen molar-refractivity contribution in [2.75, 3.05) is 0 Å². The molecule has 0 saturated carbocycles. The van der Waals surface area contributed by atoms with Crippen LogP contribution in [0.1, 0.15) is 35.4 Å². The zero-order chi connectivity index (χ0) is 11.0. The van der Waals surface area contributed by atoms with Crippen molar-refractivity contribution in [2.24, 2.45) is 0 Å². The van der Waals surface area contributed by atoms with Crippen LogP contribution in [0.15, 0.2) is 18.2 Å². The average molecular weight is 208 g/mol. The molecule has 1 aliphatic rings. The van der Waals surface area contributed by atoms with Gasteiger partial charge in [0.25, 0.3) is 0 Å². The van der Waals surface area contributed by atoms with Gasteiger partial charge in [0.1, 0.15) is 5.75 Å². The summed E-state index contributed by atoms with van der Waals surface area (Å²) in [7, 11) is 0. The van der Waals surface area contributed by atoms with Crippen molar-refractivity contribution in [2.45, 2.75) is 25.6 Å². The first-order chi connectivity index (χ1) is 7.08. The molecule has 1 aromatic carbocycles. The van der Waals surface area contributed by atoms with Crippen LogP contribution in [0.4, 0.5) is 0 Å². The Labute approximate surface area is 87.1 Å². The third-order valence-electron chi connectivity index (χ3n) is 2.50. The maximum atomic E-state index is 10.7. The van der Waals surface area contributed by atoms with E-state index in [0.717, 1.165) is 0 Å². The summed E-state index contributed by atoms with van der Waals surface area (Å²) in [6.07, 6.45) is -0.109. The Morgan fingerprint density at radius 2 is 2.27 bits per heavy atom. The highest BCUT2D eigenvalue weighted by molar-refractivity contribution is 5.88. The van der Waals surface area contributed by atoms with Gasteiger partial charge in [-0.15, -0.1) is 0 Å². The molecule has 0 aromatic heterocycles. The highest BCUT2D eigenvalue weighted by Gasteiger charge is 2.24. The van der Waals surface area contributed by atoms with Gasteiger partial charge >= 0.3 is 5.97 Å². The van der Waals surface area contributed by atoms with Gasteiger partial charge in [0.05, 0.1) is 17.8 Å². The summed E-state index contributed by atoms with van der Waals surface area (Å²) in [5.41, 5.74) is 0.841. The highest BCUT2D eigenvalue weighted by atomic mass is 16.5. The van der Waals surface area contributed by atoms with E-state index >= 15 is 0 Å². The number of fused-ring (bicyclic) bond motifs is 1. The normalized spacial score (nSPS) is 24.1. The third kappa shape index (κ3) is 1.80. The summed E-state index contributed by atoms with van der Waals surface area (Å²) in [5, 5.41) is 18.5. The summed E-state index contributed by atoms with van der Waals surface area (Å²) in [6, 6.07) is 4.54. The highest BCUT2D eigenvalue weighted by Crippen LogP contribution is 2.35. The first-order valence-corrected chi connectivity index (χ1v) is 4.80. The van der Waals surface area contributed by atoms with Crippen LogP contribution in [0.5, 0.6) is 5.75 Å². The fourth-order valence-corrected chi connectivity index (χ4v) is 1.75. The number of aliphatic hydroxyl groups excluding tert-OH is 1. The topological polar surface area (TPSA) is 66.8 Å². The molecule has 0 radical (unpaired) electrons. The van der Waals surface area contributed by atoms with E-state index < -0.39 is 12.1 Å². The van der Waals surface area contributed by atoms with Gasteiger partial charge in [0.2, 0.25) is 0 Å². The molecule has 0 bridgehead atoms. The Hall–Kier alpha value is -1.55. The number of ether oxygens (including phenoxy) is 1. The van der Waals surface area contributed by atoms with Crippen LogP contribution < -0.4 is 4.74 Å². The number of hydrogen-bond donors (Lipinski definition) is 2. The Morgan fingerprint density at radius 3 is 2.93 bits per heavy atom. The second-order valence-corrected chi connectivity index (χ2v) is 3.74. The zero-order valence-electron chi connectivity index (χ0n) is 8.30. The smallest absolute Gasteiger partial charge is 0.335 e. The molecule has 0 spiro atoms. The molecule has 1 aromatic rings. The standard InChI is InChI=1S/C11H12O4/c1-6-4-9(12)8-3-2-7(11(13)14)5-10(8)15-6/h2-3,5-6,9,12H,4H2,1H3,(H,13,14). The number of rotatable bonds is 1. The number of aliphatic hydroxyl groups is 1. The van der Waals surface area contributed by atoms with Crippen molar-refractivity contribution < 1.29 is 19.7 Å². The number of benzene rings is 1. The van der Waals surface area contributed by atoms with Crippen LogP contribution >= 0.6 is 0 Å². The monoisotopic (exact) mass is 208 g/mol. The summed E-state index contributed by atoms with van der Waals surface area (Å²) in [6.45, 7) is 1.85. The minimum atomic E-state index is -0.992. The number of aromatic carboxylic acids is 1. The van der Waals surface area contributed by atoms with Crippen molar-refractivity contribution in [1.82, 2.24) is 0 Å². The molecule has 0 fully saturated rings. The van der Waals surface area contributed by atoms with Gasteiger partial charge < -0.3 is 14.9 Å². The first kappa shape index (κ1) is 9.98. The van der Waals surface area contributed by atoms with Gasteiger partial charge in [-0.05, 0) is 19.1 Å². The minimum Gasteiger partial charge on any atom is -0.490 e. The molecule has 1 heterocycles. The number of carboxylic acid groups (broad SMARTS) is 1. The minimum absolute atomic E-state index is 0.0865. The average Bonchev–Trinajstić information content (AvgIpc) is 2.16. The van der Waals surface area contributed by atoms with Crippen LogP contribution in [-0.4, -0.2) is 22.3 Å². The molecule has 4 heteroatoms. The van der Waals surface area contributed by atoms with E-state index in [-0.39, 0.29) is 11.7 Å². The molecule has 4 nitrogen and oxygen atoms in total. The van der Waals surface area contributed by atoms with Crippen LogP contribution in [0.2, 0.25) is 0 Å². The van der Waals surface area contributed by atoms with E-state index in [0.29, 0.717) is 17.7 Å². The number of hydrogen-bond acceptors (Lipinski definition) is 3. The van der Waals surface area contributed by atoms with Crippen LogP contribution in [0.3, 0.4) is 0 Å². The second-order valence-electron chi connectivity index (χ2n) is 3.74. The summed E-state index contributed by atoms with van der Waals surface area (Å²) in [5.74, 6) is -0.518. The van der Waals surface area contributed by atoms with E-state index in [2.05, 4.69) is 0 Å². The zero-order valence-corrected chi connectivity index (χ0v) is 8.30.